The number of fused-ring (bicyclic) bond motifs is 1. The number of aryl methyl sites for hydroxylation is 1. The zero-order valence-electron chi connectivity index (χ0n) is 18.3. The summed E-state index contributed by atoms with van der Waals surface area (Å²) in [6.07, 6.45) is 9.43. The zero-order valence-corrected chi connectivity index (χ0v) is 18.3. The van der Waals surface area contributed by atoms with E-state index in [1.165, 1.54) is 0 Å². The van der Waals surface area contributed by atoms with Crippen molar-refractivity contribution in [2.45, 2.75) is 32.2 Å². The molecule has 5 rings (SSSR count). The number of piperidine rings is 1. The van der Waals surface area contributed by atoms with E-state index in [1.54, 1.807) is 17.1 Å². The number of rotatable bonds is 6. The normalized spacial score (nSPS) is 15.4. The second-order valence-electron chi connectivity index (χ2n) is 8.31. The fourth-order valence-electron chi connectivity index (χ4n) is 4.21. The summed E-state index contributed by atoms with van der Waals surface area (Å²) in [5.74, 6) is 0.481. The lowest BCUT2D eigenvalue weighted by Crippen LogP contribution is -2.34. The smallest absolute Gasteiger partial charge is 0.173 e. The van der Waals surface area contributed by atoms with Crippen LogP contribution in [0, 0.1) is 0 Å². The van der Waals surface area contributed by atoms with E-state index in [9.17, 15) is 4.79 Å². The number of hydrogen-bond acceptors (Lipinski definition) is 7. The van der Waals surface area contributed by atoms with Crippen LogP contribution in [0.15, 0.2) is 43.0 Å². The number of carbonyl (C=O) groups is 1. The van der Waals surface area contributed by atoms with Gasteiger partial charge in [-0.05, 0) is 25.5 Å². The van der Waals surface area contributed by atoms with Crippen LogP contribution >= 0.6 is 0 Å². The molecule has 0 atom stereocenters. The Balaban J connectivity index is 1.31. The van der Waals surface area contributed by atoms with E-state index >= 15 is 0 Å². The van der Waals surface area contributed by atoms with Gasteiger partial charge in [0.25, 0.3) is 0 Å². The molecule has 0 saturated carbocycles. The second-order valence-corrected chi connectivity index (χ2v) is 8.31. The minimum atomic E-state index is -0.0216. The summed E-state index contributed by atoms with van der Waals surface area (Å²) in [6, 6.07) is 6.24. The Labute approximate surface area is 186 Å². The predicted octanol–water partition coefficient (Wildman–Crippen LogP) is 2.70. The molecule has 0 bridgehead atoms. The molecule has 164 valence electrons. The molecule has 1 aliphatic heterocycles. The van der Waals surface area contributed by atoms with Gasteiger partial charge in [-0.3, -0.25) is 14.2 Å². The van der Waals surface area contributed by atoms with Gasteiger partial charge in [0.05, 0.1) is 35.9 Å². The molecule has 3 aromatic heterocycles. The highest BCUT2D eigenvalue weighted by Crippen LogP contribution is 2.23. The number of Topliss-reactive ketones (excluding diaryl/α,β-unsaturated/α-hetero) is 1. The maximum atomic E-state index is 12.9. The Morgan fingerprint density at radius 1 is 1.16 bits per heavy atom. The quantitative estimate of drug-likeness (QED) is 0.434. The summed E-state index contributed by atoms with van der Waals surface area (Å²) in [4.78, 5) is 24.3. The third-order valence-corrected chi connectivity index (χ3v) is 6.15. The lowest BCUT2D eigenvalue weighted by atomic mass is 10.1. The Morgan fingerprint density at radius 3 is 2.75 bits per heavy atom. The van der Waals surface area contributed by atoms with Gasteiger partial charge in [-0.2, -0.15) is 5.10 Å². The largest absolute Gasteiger partial charge is 0.303 e. The molecule has 0 amide bonds. The molecule has 32 heavy (non-hydrogen) atoms. The number of carbonyl (C=O) groups excluding carboxylic acids is 1. The second kappa shape index (κ2) is 8.58. The molecule has 1 fully saturated rings. The van der Waals surface area contributed by atoms with Crippen molar-refractivity contribution in [3.8, 4) is 11.3 Å². The van der Waals surface area contributed by atoms with Crippen LogP contribution < -0.4 is 0 Å². The third-order valence-electron chi connectivity index (χ3n) is 6.15. The number of ketones is 1. The first-order valence-corrected chi connectivity index (χ1v) is 11.0. The molecular formula is C23H26N8O. The van der Waals surface area contributed by atoms with E-state index in [-0.39, 0.29) is 12.2 Å². The van der Waals surface area contributed by atoms with Gasteiger partial charge in [-0.25, -0.2) is 9.97 Å². The van der Waals surface area contributed by atoms with Crippen LogP contribution in [0.4, 0.5) is 0 Å². The average molecular weight is 431 g/mol. The van der Waals surface area contributed by atoms with Crippen LogP contribution in [0.2, 0.25) is 0 Å². The molecule has 9 heteroatoms. The SMILES string of the molecule is CCN1CCC(n2cc(C(=O)Cc3ncc4ccc(-c5cn(C)nn5)cc4n3)cn2)CC1. The van der Waals surface area contributed by atoms with Crippen LogP contribution in [-0.2, 0) is 13.5 Å². The summed E-state index contributed by atoms with van der Waals surface area (Å²) in [5.41, 5.74) is 3.10. The standard InChI is InChI=1S/C23H26N8O/c1-3-30-8-6-19(7-9-30)31-14-18(13-25-31)22(32)11-23-24-12-17-5-4-16(10-20(17)26-23)21-15-29(2)28-27-21/h4-5,10,12-15,19H,3,6-9,11H2,1-2H3. The average Bonchev–Trinajstić information content (AvgIpc) is 3.48. The molecule has 0 spiro atoms. The number of aromatic nitrogens is 7. The van der Waals surface area contributed by atoms with Gasteiger partial charge in [0.1, 0.15) is 11.5 Å². The first-order valence-electron chi connectivity index (χ1n) is 11.0. The molecule has 1 saturated heterocycles. The molecule has 0 radical (unpaired) electrons. The minimum absolute atomic E-state index is 0.0216. The monoisotopic (exact) mass is 430 g/mol. The van der Waals surface area contributed by atoms with Crippen LogP contribution in [0.5, 0.6) is 0 Å². The summed E-state index contributed by atoms with van der Waals surface area (Å²) >= 11 is 0. The molecule has 1 aliphatic rings. The Morgan fingerprint density at radius 2 is 2.00 bits per heavy atom. The molecule has 1 aromatic carbocycles. The predicted molar refractivity (Wildman–Crippen MR) is 120 cm³/mol. The van der Waals surface area contributed by atoms with E-state index in [4.69, 9.17) is 0 Å². The topological polar surface area (TPSA) is 94.6 Å². The lowest BCUT2D eigenvalue weighted by molar-refractivity contribution is 0.0990. The van der Waals surface area contributed by atoms with Crippen molar-refractivity contribution in [2.75, 3.05) is 19.6 Å². The van der Waals surface area contributed by atoms with Crippen molar-refractivity contribution in [2.24, 2.45) is 7.05 Å². The molecule has 4 heterocycles. The highest BCUT2D eigenvalue weighted by atomic mass is 16.1. The highest BCUT2D eigenvalue weighted by molar-refractivity contribution is 5.97. The number of likely N-dealkylation sites (tertiary alicyclic amines) is 1. The Bertz CT molecular complexity index is 1250. The van der Waals surface area contributed by atoms with Crippen molar-refractivity contribution in [1.29, 1.82) is 0 Å². The summed E-state index contributed by atoms with van der Waals surface area (Å²) in [5, 5.41) is 13.5. The zero-order chi connectivity index (χ0) is 22.1. The van der Waals surface area contributed by atoms with Gasteiger partial charge in [0.15, 0.2) is 5.78 Å². The van der Waals surface area contributed by atoms with Gasteiger partial charge in [-0.15, -0.1) is 5.10 Å². The number of nitrogens with zero attached hydrogens (tertiary/aromatic N) is 8. The van der Waals surface area contributed by atoms with Crippen molar-refractivity contribution >= 4 is 16.7 Å². The van der Waals surface area contributed by atoms with Crippen molar-refractivity contribution in [1.82, 2.24) is 39.6 Å². The van der Waals surface area contributed by atoms with Gasteiger partial charge < -0.3 is 4.90 Å². The fourth-order valence-corrected chi connectivity index (χ4v) is 4.21. The summed E-state index contributed by atoms with van der Waals surface area (Å²) in [7, 11) is 1.83. The van der Waals surface area contributed by atoms with Gasteiger partial charge in [0, 0.05) is 43.5 Å². The molecule has 0 unspecified atom stereocenters. The first-order chi connectivity index (χ1) is 15.6. The van der Waals surface area contributed by atoms with Crippen molar-refractivity contribution in [3.05, 3.63) is 54.4 Å². The van der Waals surface area contributed by atoms with Crippen LogP contribution in [-0.4, -0.2) is 65.1 Å². The Hall–Kier alpha value is -3.46. The number of benzene rings is 1. The first kappa shape index (κ1) is 20.4. The summed E-state index contributed by atoms with van der Waals surface area (Å²) in [6.45, 7) is 5.43. The third kappa shape index (κ3) is 4.16. The van der Waals surface area contributed by atoms with Gasteiger partial charge in [-0.1, -0.05) is 24.3 Å². The van der Waals surface area contributed by atoms with E-state index in [0.29, 0.717) is 17.4 Å². The molecule has 0 aliphatic carbocycles. The number of hydrogen-bond donors (Lipinski definition) is 0. The van der Waals surface area contributed by atoms with Gasteiger partial charge in [0.2, 0.25) is 0 Å². The molecule has 9 nitrogen and oxygen atoms in total. The van der Waals surface area contributed by atoms with Gasteiger partial charge >= 0.3 is 0 Å². The van der Waals surface area contributed by atoms with Crippen molar-refractivity contribution < 1.29 is 4.79 Å². The molecule has 4 aromatic rings. The van der Waals surface area contributed by atoms with E-state index < -0.39 is 0 Å². The van der Waals surface area contributed by atoms with E-state index in [2.05, 4.69) is 37.2 Å². The van der Waals surface area contributed by atoms with Crippen LogP contribution in [0.3, 0.4) is 0 Å². The molecule has 0 N–H and O–H groups in total. The van der Waals surface area contributed by atoms with E-state index in [1.807, 2.05) is 42.3 Å². The van der Waals surface area contributed by atoms with E-state index in [0.717, 1.165) is 54.6 Å². The lowest BCUT2D eigenvalue weighted by Gasteiger charge is -2.31. The maximum absolute atomic E-state index is 12.9. The Kier molecular flexibility index (Phi) is 5.48. The summed E-state index contributed by atoms with van der Waals surface area (Å²) < 4.78 is 3.62. The fraction of sp³-hybridized carbons (Fsp3) is 0.391. The maximum Gasteiger partial charge on any atom is 0.173 e. The van der Waals surface area contributed by atoms with Crippen molar-refractivity contribution in [3.63, 3.8) is 0 Å². The highest BCUT2D eigenvalue weighted by Gasteiger charge is 2.21. The van der Waals surface area contributed by atoms with Crippen LogP contribution in [0.25, 0.3) is 22.2 Å². The van der Waals surface area contributed by atoms with Crippen LogP contribution in [0.1, 0.15) is 42.0 Å². The molecular weight excluding hydrogens is 404 g/mol. The minimum Gasteiger partial charge on any atom is -0.303 e.